The van der Waals surface area contributed by atoms with E-state index in [1.54, 1.807) is 12.1 Å². The molecule has 1 saturated heterocycles. The summed E-state index contributed by atoms with van der Waals surface area (Å²) in [5.41, 5.74) is 0.818. The Labute approximate surface area is 110 Å². The van der Waals surface area contributed by atoms with Gasteiger partial charge in [0.1, 0.15) is 0 Å². The summed E-state index contributed by atoms with van der Waals surface area (Å²) >= 11 is 0. The highest BCUT2D eigenvalue weighted by Crippen LogP contribution is 2.02. The first-order valence-electron chi connectivity index (χ1n) is 5.94. The lowest BCUT2D eigenvalue weighted by Crippen LogP contribution is -2.37. The van der Waals surface area contributed by atoms with Crippen molar-refractivity contribution in [3.63, 3.8) is 0 Å². The number of rotatable bonds is 4. The maximum Gasteiger partial charge on any atom is 0.324 e. The molecule has 0 radical (unpaired) electrons. The van der Waals surface area contributed by atoms with E-state index < -0.39 is 24.5 Å². The van der Waals surface area contributed by atoms with Crippen molar-refractivity contribution in [3.05, 3.63) is 35.9 Å². The van der Waals surface area contributed by atoms with Gasteiger partial charge in [0.15, 0.2) is 6.61 Å². The normalized spacial score (nSPS) is 14.1. The molecule has 0 bridgehead atoms. The Morgan fingerprint density at radius 3 is 2.63 bits per heavy atom. The summed E-state index contributed by atoms with van der Waals surface area (Å²) in [6.45, 7) is 0.343. The lowest BCUT2D eigenvalue weighted by Gasteiger charge is -2.12. The van der Waals surface area contributed by atoms with Crippen molar-refractivity contribution in [2.24, 2.45) is 0 Å². The Morgan fingerprint density at radius 1 is 1.26 bits per heavy atom. The molecule has 2 rings (SSSR count). The average molecular weight is 262 g/mol. The van der Waals surface area contributed by atoms with E-state index in [1.165, 1.54) is 0 Å². The number of urea groups is 1. The molecule has 0 saturated carbocycles. The zero-order valence-electron chi connectivity index (χ0n) is 10.3. The van der Waals surface area contributed by atoms with Crippen LogP contribution in [-0.4, -0.2) is 42.5 Å². The van der Waals surface area contributed by atoms with Crippen LogP contribution in [0.5, 0.6) is 0 Å². The summed E-state index contributed by atoms with van der Waals surface area (Å²) in [7, 11) is 0. The molecule has 1 aliphatic heterocycles. The molecule has 1 heterocycles. The highest BCUT2D eigenvalue weighted by atomic mass is 16.5. The highest BCUT2D eigenvalue weighted by molar-refractivity contribution is 5.96. The van der Waals surface area contributed by atoms with Crippen LogP contribution in [-0.2, 0) is 20.7 Å². The predicted octanol–water partition coefficient (Wildman–Crippen LogP) is 0.324. The van der Waals surface area contributed by atoms with E-state index in [0.717, 1.165) is 10.5 Å². The zero-order chi connectivity index (χ0) is 13.7. The third-order valence-electron chi connectivity index (χ3n) is 2.71. The van der Waals surface area contributed by atoms with Crippen molar-refractivity contribution in [2.75, 3.05) is 19.7 Å². The fourth-order valence-electron chi connectivity index (χ4n) is 1.74. The molecular formula is C13H14N2O4. The summed E-state index contributed by atoms with van der Waals surface area (Å²) in [5.74, 6) is -0.990. The molecule has 1 fully saturated rings. The van der Waals surface area contributed by atoms with Crippen LogP contribution in [0.1, 0.15) is 5.56 Å². The van der Waals surface area contributed by atoms with E-state index >= 15 is 0 Å². The van der Waals surface area contributed by atoms with E-state index in [-0.39, 0.29) is 6.42 Å². The quantitative estimate of drug-likeness (QED) is 0.793. The van der Waals surface area contributed by atoms with Crippen molar-refractivity contribution in [2.45, 2.75) is 6.42 Å². The molecule has 0 atom stereocenters. The van der Waals surface area contributed by atoms with Gasteiger partial charge in [-0.2, -0.15) is 0 Å². The molecule has 3 amide bonds. The van der Waals surface area contributed by atoms with Gasteiger partial charge in [-0.15, -0.1) is 0 Å². The summed E-state index contributed by atoms with van der Waals surface area (Å²) in [6.07, 6.45) is 0.111. The first-order valence-corrected chi connectivity index (χ1v) is 5.94. The van der Waals surface area contributed by atoms with Crippen molar-refractivity contribution in [1.29, 1.82) is 0 Å². The van der Waals surface area contributed by atoms with Gasteiger partial charge in [0.25, 0.3) is 5.91 Å². The van der Waals surface area contributed by atoms with Gasteiger partial charge in [-0.3, -0.25) is 14.5 Å². The molecule has 1 aromatic carbocycles. The Morgan fingerprint density at radius 2 is 2.00 bits per heavy atom. The summed E-state index contributed by atoms with van der Waals surface area (Å²) in [5, 5.41) is 2.50. The second-order valence-electron chi connectivity index (χ2n) is 4.10. The van der Waals surface area contributed by atoms with Crippen LogP contribution in [0.2, 0.25) is 0 Å². The monoisotopic (exact) mass is 262 g/mol. The first-order chi connectivity index (χ1) is 9.16. The van der Waals surface area contributed by atoms with Gasteiger partial charge in [0.2, 0.25) is 0 Å². The largest absolute Gasteiger partial charge is 0.455 e. The molecular weight excluding hydrogens is 248 g/mol. The third kappa shape index (κ3) is 3.54. The van der Waals surface area contributed by atoms with E-state index in [0.29, 0.717) is 13.1 Å². The second kappa shape index (κ2) is 5.99. The van der Waals surface area contributed by atoms with Crippen LogP contribution in [0, 0.1) is 0 Å². The fraction of sp³-hybridized carbons (Fsp3) is 0.308. The van der Waals surface area contributed by atoms with Crippen LogP contribution >= 0.6 is 0 Å². The lowest BCUT2D eigenvalue weighted by atomic mass is 10.2. The number of nitrogens with zero attached hydrogens (tertiary/aromatic N) is 1. The molecule has 0 aliphatic carbocycles. The molecule has 100 valence electrons. The van der Waals surface area contributed by atoms with Crippen molar-refractivity contribution in [3.8, 4) is 0 Å². The van der Waals surface area contributed by atoms with E-state index in [4.69, 9.17) is 4.74 Å². The number of hydrogen-bond acceptors (Lipinski definition) is 4. The molecule has 0 aromatic heterocycles. The van der Waals surface area contributed by atoms with Crippen molar-refractivity contribution in [1.82, 2.24) is 10.2 Å². The Kier molecular flexibility index (Phi) is 4.12. The van der Waals surface area contributed by atoms with Crippen molar-refractivity contribution >= 4 is 17.9 Å². The standard InChI is InChI=1S/C13H14N2O4/c16-11(15-7-6-14-13(15)18)9-19-12(17)8-10-4-2-1-3-5-10/h1-5H,6-9H2,(H,14,18). The Bertz CT molecular complexity index is 487. The molecule has 1 aliphatic rings. The molecule has 19 heavy (non-hydrogen) atoms. The summed E-state index contributed by atoms with van der Waals surface area (Å²) < 4.78 is 4.86. The van der Waals surface area contributed by atoms with Gasteiger partial charge in [0.05, 0.1) is 6.42 Å². The fourth-order valence-corrected chi connectivity index (χ4v) is 1.74. The number of amides is 3. The minimum atomic E-state index is -0.503. The Balaban J connectivity index is 1.77. The smallest absolute Gasteiger partial charge is 0.324 e. The van der Waals surface area contributed by atoms with Gasteiger partial charge < -0.3 is 10.1 Å². The van der Waals surface area contributed by atoms with Gasteiger partial charge in [0, 0.05) is 13.1 Å². The number of hydrogen-bond donors (Lipinski definition) is 1. The number of carbonyl (C=O) groups excluding carboxylic acids is 3. The minimum absolute atomic E-state index is 0.111. The summed E-state index contributed by atoms with van der Waals surface area (Å²) in [6, 6.07) is 8.66. The van der Waals surface area contributed by atoms with Crippen LogP contribution in [0.15, 0.2) is 30.3 Å². The number of nitrogens with one attached hydrogen (secondary N) is 1. The van der Waals surface area contributed by atoms with Gasteiger partial charge in [-0.1, -0.05) is 30.3 Å². The Hall–Kier alpha value is -2.37. The van der Waals surface area contributed by atoms with Gasteiger partial charge in [-0.05, 0) is 5.56 Å². The minimum Gasteiger partial charge on any atom is -0.455 e. The molecule has 1 N–H and O–H groups in total. The first kappa shape index (κ1) is 13.1. The SMILES string of the molecule is O=C(Cc1ccccc1)OCC(=O)N1CCNC1=O. The van der Waals surface area contributed by atoms with Crippen LogP contribution in [0.3, 0.4) is 0 Å². The molecule has 6 heteroatoms. The van der Waals surface area contributed by atoms with E-state index in [2.05, 4.69) is 5.32 Å². The van der Waals surface area contributed by atoms with Crippen LogP contribution in [0.25, 0.3) is 0 Å². The van der Waals surface area contributed by atoms with Crippen LogP contribution < -0.4 is 5.32 Å². The number of benzene rings is 1. The van der Waals surface area contributed by atoms with Gasteiger partial charge in [-0.25, -0.2) is 4.79 Å². The number of esters is 1. The van der Waals surface area contributed by atoms with Gasteiger partial charge >= 0.3 is 12.0 Å². The van der Waals surface area contributed by atoms with E-state index in [1.807, 2.05) is 18.2 Å². The maximum absolute atomic E-state index is 11.6. The van der Waals surface area contributed by atoms with E-state index in [9.17, 15) is 14.4 Å². The molecule has 1 aromatic rings. The molecule has 0 unspecified atom stereocenters. The van der Waals surface area contributed by atoms with Crippen LogP contribution in [0.4, 0.5) is 4.79 Å². The number of carbonyl (C=O) groups is 3. The molecule has 6 nitrogen and oxygen atoms in total. The third-order valence-corrected chi connectivity index (χ3v) is 2.71. The number of imide groups is 1. The topological polar surface area (TPSA) is 75.7 Å². The zero-order valence-corrected chi connectivity index (χ0v) is 10.3. The lowest BCUT2D eigenvalue weighted by molar-refractivity contribution is -0.150. The predicted molar refractivity (Wildman–Crippen MR) is 66.2 cm³/mol. The average Bonchev–Trinajstić information content (AvgIpc) is 2.83. The highest BCUT2D eigenvalue weighted by Gasteiger charge is 2.26. The number of ether oxygens (including phenoxy) is 1. The van der Waals surface area contributed by atoms with Crippen molar-refractivity contribution < 1.29 is 19.1 Å². The molecule has 0 spiro atoms. The summed E-state index contributed by atoms with van der Waals surface area (Å²) in [4.78, 5) is 35.4. The maximum atomic E-state index is 11.6. The second-order valence-corrected chi connectivity index (χ2v) is 4.10.